The van der Waals surface area contributed by atoms with Crippen LogP contribution in [0.3, 0.4) is 0 Å². The van der Waals surface area contributed by atoms with Gasteiger partial charge >= 0.3 is 0 Å². The number of aromatic amines is 1. The van der Waals surface area contributed by atoms with E-state index in [0.717, 1.165) is 22.4 Å². The fraction of sp³-hybridized carbons (Fsp3) is 0.200. The van der Waals surface area contributed by atoms with Crippen LogP contribution in [0.15, 0.2) is 18.2 Å². The maximum absolute atomic E-state index is 5.24. The molecule has 0 unspecified atom stereocenters. The van der Waals surface area contributed by atoms with Crippen LogP contribution in [-0.4, -0.2) is 19.2 Å². The van der Waals surface area contributed by atoms with Crippen LogP contribution in [-0.2, 0) is 0 Å². The SMILES string of the molecule is COc1ccc2[nH][c]cc2c1OC. The van der Waals surface area contributed by atoms with Gasteiger partial charge in [0.05, 0.1) is 20.4 Å². The molecule has 1 N–H and O–H groups in total. The van der Waals surface area contributed by atoms with E-state index >= 15 is 0 Å². The van der Waals surface area contributed by atoms with Crippen molar-refractivity contribution in [1.29, 1.82) is 0 Å². The van der Waals surface area contributed by atoms with Crippen molar-refractivity contribution < 1.29 is 9.47 Å². The van der Waals surface area contributed by atoms with Gasteiger partial charge in [0.25, 0.3) is 0 Å². The predicted octanol–water partition coefficient (Wildman–Crippen LogP) is 1.99. The summed E-state index contributed by atoms with van der Waals surface area (Å²) in [5, 5.41) is 0.988. The average Bonchev–Trinajstić information content (AvgIpc) is 2.63. The van der Waals surface area contributed by atoms with E-state index in [0.29, 0.717) is 0 Å². The lowest BCUT2D eigenvalue weighted by Crippen LogP contribution is -1.90. The van der Waals surface area contributed by atoms with E-state index in [1.54, 1.807) is 14.2 Å². The summed E-state index contributed by atoms with van der Waals surface area (Å²) in [5.74, 6) is 1.49. The van der Waals surface area contributed by atoms with Gasteiger partial charge in [0.1, 0.15) is 0 Å². The molecule has 0 aliphatic carbocycles. The topological polar surface area (TPSA) is 34.2 Å². The summed E-state index contributed by atoms with van der Waals surface area (Å²) in [4.78, 5) is 2.99. The van der Waals surface area contributed by atoms with Crippen LogP contribution in [0, 0.1) is 6.20 Å². The summed E-state index contributed by atoms with van der Waals surface area (Å²) in [6, 6.07) is 5.65. The molecule has 67 valence electrons. The van der Waals surface area contributed by atoms with Gasteiger partial charge in [-0.1, -0.05) is 0 Å². The summed E-state index contributed by atoms with van der Waals surface area (Å²) in [5.41, 5.74) is 0.998. The molecule has 3 nitrogen and oxygen atoms in total. The van der Waals surface area contributed by atoms with E-state index in [-0.39, 0.29) is 0 Å². The number of hydrogen-bond acceptors (Lipinski definition) is 2. The Morgan fingerprint density at radius 2 is 2.08 bits per heavy atom. The Bertz CT molecular complexity index is 420. The summed E-state index contributed by atoms with van der Waals surface area (Å²) >= 11 is 0. The number of aromatic nitrogens is 1. The molecule has 0 fully saturated rings. The van der Waals surface area contributed by atoms with Gasteiger partial charge in [-0.3, -0.25) is 0 Å². The lowest BCUT2D eigenvalue weighted by Gasteiger charge is -2.07. The molecule has 0 aliphatic rings. The number of hydrogen-bond donors (Lipinski definition) is 1. The van der Waals surface area contributed by atoms with Gasteiger partial charge < -0.3 is 14.5 Å². The molecule has 1 aromatic heterocycles. The van der Waals surface area contributed by atoms with Crippen LogP contribution in [0.5, 0.6) is 11.5 Å². The number of rotatable bonds is 2. The average molecular weight is 176 g/mol. The normalized spacial score (nSPS) is 10.3. The van der Waals surface area contributed by atoms with Gasteiger partial charge in [0.2, 0.25) is 0 Å². The highest BCUT2D eigenvalue weighted by molar-refractivity contribution is 5.88. The van der Waals surface area contributed by atoms with Crippen LogP contribution in [0.25, 0.3) is 10.9 Å². The monoisotopic (exact) mass is 176 g/mol. The zero-order valence-corrected chi connectivity index (χ0v) is 7.55. The molecule has 0 bridgehead atoms. The van der Waals surface area contributed by atoms with Crippen molar-refractivity contribution in [3.8, 4) is 11.5 Å². The van der Waals surface area contributed by atoms with Crippen LogP contribution in [0.4, 0.5) is 0 Å². The van der Waals surface area contributed by atoms with Gasteiger partial charge in [-0.15, -0.1) is 0 Å². The van der Waals surface area contributed by atoms with Crippen molar-refractivity contribution in [1.82, 2.24) is 4.98 Å². The van der Waals surface area contributed by atoms with Crippen molar-refractivity contribution in [2.45, 2.75) is 0 Å². The fourth-order valence-electron chi connectivity index (χ4n) is 1.39. The molecule has 0 saturated carbocycles. The third-order valence-corrected chi connectivity index (χ3v) is 2.01. The fourth-order valence-corrected chi connectivity index (χ4v) is 1.39. The van der Waals surface area contributed by atoms with Crippen molar-refractivity contribution in [3.63, 3.8) is 0 Å². The van der Waals surface area contributed by atoms with E-state index in [2.05, 4.69) is 11.2 Å². The number of methoxy groups -OCH3 is 2. The second-order valence-electron chi connectivity index (χ2n) is 2.68. The molecule has 0 atom stereocenters. The summed E-state index contributed by atoms with van der Waals surface area (Å²) in [6.07, 6.45) is 2.90. The van der Waals surface area contributed by atoms with E-state index in [4.69, 9.17) is 9.47 Å². The van der Waals surface area contributed by atoms with Crippen molar-refractivity contribution in [2.75, 3.05) is 14.2 Å². The zero-order valence-electron chi connectivity index (χ0n) is 7.55. The summed E-state index contributed by atoms with van der Waals surface area (Å²) in [7, 11) is 3.25. The predicted molar refractivity (Wildman–Crippen MR) is 50.2 cm³/mol. The Labute approximate surface area is 76.3 Å². The van der Waals surface area contributed by atoms with E-state index < -0.39 is 0 Å². The van der Waals surface area contributed by atoms with E-state index in [1.165, 1.54) is 0 Å². The van der Waals surface area contributed by atoms with Crippen LogP contribution in [0.1, 0.15) is 0 Å². The molecule has 13 heavy (non-hydrogen) atoms. The lowest BCUT2D eigenvalue weighted by atomic mass is 10.2. The molecular formula is C10H10NO2. The lowest BCUT2D eigenvalue weighted by molar-refractivity contribution is 0.358. The molecular weight excluding hydrogens is 166 g/mol. The Hall–Kier alpha value is -1.64. The summed E-state index contributed by atoms with van der Waals surface area (Å²) in [6.45, 7) is 0. The van der Waals surface area contributed by atoms with Crippen LogP contribution >= 0.6 is 0 Å². The smallest absolute Gasteiger partial charge is 0.170 e. The molecule has 0 spiro atoms. The first-order chi connectivity index (χ1) is 6.36. The minimum atomic E-state index is 0.739. The molecule has 1 aromatic carbocycles. The van der Waals surface area contributed by atoms with Gasteiger partial charge in [-0.2, -0.15) is 0 Å². The molecule has 2 aromatic rings. The van der Waals surface area contributed by atoms with Crippen molar-refractivity contribution in [2.24, 2.45) is 0 Å². The number of H-pyrrole nitrogens is 1. The van der Waals surface area contributed by atoms with Crippen LogP contribution in [0.2, 0.25) is 0 Å². The maximum Gasteiger partial charge on any atom is 0.170 e. The number of nitrogens with one attached hydrogen (secondary N) is 1. The highest BCUT2D eigenvalue weighted by atomic mass is 16.5. The summed E-state index contributed by atoms with van der Waals surface area (Å²) < 4.78 is 10.4. The number of benzene rings is 1. The Morgan fingerprint density at radius 3 is 2.77 bits per heavy atom. The second-order valence-corrected chi connectivity index (χ2v) is 2.68. The highest BCUT2D eigenvalue weighted by Crippen LogP contribution is 2.34. The molecule has 1 radical (unpaired) electrons. The molecule has 1 heterocycles. The quantitative estimate of drug-likeness (QED) is 0.759. The first kappa shape index (κ1) is 7.98. The Balaban J connectivity index is 2.74. The Kier molecular flexibility index (Phi) is 1.85. The largest absolute Gasteiger partial charge is 0.493 e. The Morgan fingerprint density at radius 1 is 1.23 bits per heavy atom. The third kappa shape index (κ3) is 1.13. The third-order valence-electron chi connectivity index (χ3n) is 2.01. The van der Waals surface area contributed by atoms with Crippen molar-refractivity contribution in [3.05, 3.63) is 24.4 Å². The molecule has 0 amide bonds. The van der Waals surface area contributed by atoms with Crippen LogP contribution < -0.4 is 9.47 Å². The molecule has 0 aliphatic heterocycles. The van der Waals surface area contributed by atoms with Gasteiger partial charge in [-0.05, 0) is 18.2 Å². The van der Waals surface area contributed by atoms with E-state index in [1.807, 2.05) is 18.2 Å². The molecule has 3 heteroatoms. The van der Waals surface area contributed by atoms with Gasteiger partial charge in [0.15, 0.2) is 11.5 Å². The molecule has 2 rings (SSSR count). The van der Waals surface area contributed by atoms with E-state index in [9.17, 15) is 0 Å². The highest BCUT2D eigenvalue weighted by Gasteiger charge is 2.08. The molecule has 0 saturated heterocycles. The van der Waals surface area contributed by atoms with Gasteiger partial charge in [0, 0.05) is 10.9 Å². The standard InChI is InChI=1S/C10H10NO2/c1-12-9-4-3-8-7(5-6-11-8)10(9)13-2/h3-5,11H,1-2H3. The number of ether oxygens (including phenoxy) is 2. The van der Waals surface area contributed by atoms with Gasteiger partial charge in [-0.25, -0.2) is 0 Å². The van der Waals surface area contributed by atoms with Crippen molar-refractivity contribution >= 4 is 10.9 Å². The minimum Gasteiger partial charge on any atom is -0.493 e. The zero-order chi connectivity index (χ0) is 9.26. The first-order valence-electron chi connectivity index (χ1n) is 3.96. The minimum absolute atomic E-state index is 0.739. The maximum atomic E-state index is 5.24. The second kappa shape index (κ2) is 3.01. The number of fused-ring (bicyclic) bond motifs is 1. The first-order valence-corrected chi connectivity index (χ1v) is 3.96.